The first-order valence-corrected chi connectivity index (χ1v) is 8.26. The van der Waals surface area contributed by atoms with Gasteiger partial charge in [0.25, 0.3) is 5.91 Å². The highest BCUT2D eigenvalue weighted by molar-refractivity contribution is 6.06. The molecule has 30 heavy (non-hydrogen) atoms. The number of H-pyrrole nitrogens is 1. The smallest absolute Gasteiger partial charge is 0.417 e. The Morgan fingerprint density at radius 3 is 2.53 bits per heavy atom. The summed E-state index contributed by atoms with van der Waals surface area (Å²) in [6, 6.07) is 8.11. The molecule has 0 saturated carbocycles. The normalized spacial score (nSPS) is 11.3. The highest BCUT2D eigenvalue weighted by Crippen LogP contribution is 2.40. The van der Waals surface area contributed by atoms with Gasteiger partial charge in [0.05, 0.1) is 16.0 Å². The number of carbonyl (C=O) groups is 1. The zero-order valence-electron chi connectivity index (χ0n) is 15.3. The van der Waals surface area contributed by atoms with E-state index in [1.54, 1.807) is 0 Å². The summed E-state index contributed by atoms with van der Waals surface area (Å²) in [4.78, 5) is 26.0. The molecule has 0 radical (unpaired) electrons. The van der Waals surface area contributed by atoms with Crippen molar-refractivity contribution in [1.29, 1.82) is 5.41 Å². The maximum Gasteiger partial charge on any atom is 0.417 e. The summed E-state index contributed by atoms with van der Waals surface area (Å²) in [7, 11) is 1.20. The number of aromatic amines is 1. The predicted octanol–water partition coefficient (Wildman–Crippen LogP) is 3.85. The number of ether oxygens (including phenoxy) is 1. The molecule has 0 bridgehead atoms. The molecule has 156 valence electrons. The molecule has 0 atom stereocenters. The average Bonchev–Trinajstić information content (AvgIpc) is 3.09. The molecule has 3 aromatic rings. The molecule has 0 aliphatic rings. The third kappa shape index (κ3) is 3.87. The third-order valence-electron chi connectivity index (χ3n) is 4.20. The van der Waals surface area contributed by atoms with E-state index >= 15 is 0 Å². The van der Waals surface area contributed by atoms with Crippen LogP contribution in [0.3, 0.4) is 0 Å². The first kappa shape index (κ1) is 20.6. The Morgan fingerprint density at radius 2 is 1.93 bits per heavy atom. The van der Waals surface area contributed by atoms with Crippen LogP contribution >= 0.6 is 0 Å². The molecule has 1 heterocycles. The number of nitrogens with zero attached hydrogens (tertiary/aromatic N) is 2. The lowest BCUT2D eigenvalue weighted by atomic mass is 10.1. The number of fused-ring (bicyclic) bond motifs is 1. The van der Waals surface area contributed by atoms with E-state index in [4.69, 9.17) is 15.9 Å². The molecule has 1 amide bonds. The fourth-order valence-corrected chi connectivity index (χ4v) is 2.73. The van der Waals surface area contributed by atoms with Gasteiger partial charge in [0.1, 0.15) is 11.4 Å². The largest absolute Gasteiger partial charge is 0.450 e. The van der Waals surface area contributed by atoms with Crippen molar-refractivity contribution in [3.05, 3.63) is 63.8 Å². The molecule has 0 spiro atoms. The summed E-state index contributed by atoms with van der Waals surface area (Å²) < 4.78 is 46.2. The van der Waals surface area contributed by atoms with E-state index in [-0.39, 0.29) is 28.1 Å². The molecule has 4 N–H and O–H groups in total. The lowest BCUT2D eigenvalue weighted by molar-refractivity contribution is -0.385. The fraction of sp³-hybridized carbons (Fsp3) is 0.111. The minimum Gasteiger partial charge on any atom is -0.450 e. The fourth-order valence-electron chi connectivity index (χ4n) is 2.73. The van der Waals surface area contributed by atoms with E-state index in [0.717, 1.165) is 17.0 Å². The SMILES string of the molecule is CN(C(=N)N)C(=O)c1cc2c(C(F)(F)F)cc(Oc3ccccc3[N+](=O)[O-])cc2[nH]1. The number of halogens is 3. The van der Waals surface area contributed by atoms with Crippen molar-refractivity contribution in [1.82, 2.24) is 9.88 Å². The van der Waals surface area contributed by atoms with Crippen LogP contribution in [0.2, 0.25) is 0 Å². The maximum absolute atomic E-state index is 13.6. The van der Waals surface area contributed by atoms with Gasteiger partial charge in [0.2, 0.25) is 5.75 Å². The molecule has 12 heteroatoms. The van der Waals surface area contributed by atoms with Crippen molar-refractivity contribution in [3.63, 3.8) is 0 Å². The van der Waals surface area contributed by atoms with Crippen molar-refractivity contribution >= 4 is 28.5 Å². The van der Waals surface area contributed by atoms with Gasteiger partial charge in [-0.3, -0.25) is 25.2 Å². The number of hydrogen-bond acceptors (Lipinski definition) is 5. The Morgan fingerprint density at radius 1 is 1.27 bits per heavy atom. The van der Waals surface area contributed by atoms with Crippen LogP contribution in [0.4, 0.5) is 18.9 Å². The number of nitrogens with one attached hydrogen (secondary N) is 2. The number of amides is 1. The third-order valence-corrected chi connectivity index (χ3v) is 4.20. The Hall–Kier alpha value is -4.09. The zero-order chi connectivity index (χ0) is 22.2. The zero-order valence-corrected chi connectivity index (χ0v) is 15.3. The average molecular weight is 421 g/mol. The number of nitro groups is 1. The van der Waals surface area contributed by atoms with E-state index in [0.29, 0.717) is 6.07 Å². The van der Waals surface area contributed by atoms with Crippen LogP contribution in [0.25, 0.3) is 10.9 Å². The standard InChI is InChI=1S/C18H14F3N5O4/c1-25(17(22)23)16(27)13-8-10-11(18(19,20)21)6-9(7-12(10)24-13)30-15-5-3-2-4-14(15)26(28)29/h2-8,24H,1H3,(H3,22,23). The molecule has 0 saturated heterocycles. The van der Waals surface area contributed by atoms with E-state index in [1.807, 2.05) is 0 Å². The van der Waals surface area contributed by atoms with E-state index in [2.05, 4.69) is 4.98 Å². The van der Waals surface area contributed by atoms with Crippen molar-refractivity contribution in [2.75, 3.05) is 7.05 Å². The summed E-state index contributed by atoms with van der Waals surface area (Å²) in [5, 5.41) is 18.1. The highest BCUT2D eigenvalue weighted by atomic mass is 19.4. The molecule has 2 aromatic carbocycles. The predicted molar refractivity (Wildman–Crippen MR) is 100 cm³/mol. The van der Waals surface area contributed by atoms with Gasteiger partial charge in [-0.05, 0) is 18.2 Å². The van der Waals surface area contributed by atoms with E-state index < -0.39 is 34.2 Å². The summed E-state index contributed by atoms with van der Waals surface area (Å²) in [6.07, 6.45) is -4.80. The first-order chi connectivity index (χ1) is 14.0. The summed E-state index contributed by atoms with van der Waals surface area (Å²) in [5.74, 6) is -1.96. The van der Waals surface area contributed by atoms with Crippen LogP contribution in [0, 0.1) is 15.5 Å². The number of benzene rings is 2. The van der Waals surface area contributed by atoms with Crippen LogP contribution in [0.5, 0.6) is 11.5 Å². The molecule has 0 aliphatic heterocycles. The number of rotatable bonds is 4. The van der Waals surface area contributed by atoms with Gasteiger partial charge in [-0.15, -0.1) is 0 Å². The first-order valence-electron chi connectivity index (χ1n) is 8.26. The molecule has 1 aromatic heterocycles. The minimum absolute atomic E-state index is 0.0845. The summed E-state index contributed by atoms with van der Waals surface area (Å²) in [5.41, 5.74) is 3.40. The van der Waals surface area contributed by atoms with Gasteiger partial charge in [-0.2, -0.15) is 13.2 Å². The molecule has 0 fully saturated rings. The lowest BCUT2D eigenvalue weighted by Crippen LogP contribution is -2.38. The van der Waals surface area contributed by atoms with Gasteiger partial charge < -0.3 is 15.5 Å². The van der Waals surface area contributed by atoms with Crippen LogP contribution in [-0.2, 0) is 6.18 Å². The molecular weight excluding hydrogens is 407 g/mol. The second kappa shape index (κ2) is 7.39. The van der Waals surface area contributed by atoms with Gasteiger partial charge in [-0.1, -0.05) is 12.1 Å². The van der Waals surface area contributed by atoms with Crippen molar-refractivity contribution in [2.45, 2.75) is 6.18 Å². The monoisotopic (exact) mass is 421 g/mol. The second-order valence-corrected chi connectivity index (χ2v) is 6.19. The van der Waals surface area contributed by atoms with Gasteiger partial charge >= 0.3 is 11.9 Å². The van der Waals surface area contributed by atoms with Gasteiger partial charge in [0, 0.05) is 24.6 Å². The summed E-state index contributed by atoms with van der Waals surface area (Å²) >= 11 is 0. The maximum atomic E-state index is 13.6. The van der Waals surface area contributed by atoms with Gasteiger partial charge in [-0.25, -0.2) is 0 Å². The Balaban J connectivity index is 2.13. The lowest BCUT2D eigenvalue weighted by Gasteiger charge is -2.12. The Bertz CT molecular complexity index is 1170. The second-order valence-electron chi connectivity index (χ2n) is 6.19. The Labute approximate surface area is 166 Å². The number of aromatic nitrogens is 1. The molecular formula is C18H14F3N5O4. The van der Waals surface area contributed by atoms with E-state index in [9.17, 15) is 28.1 Å². The molecule has 0 aliphatic carbocycles. The van der Waals surface area contributed by atoms with Crippen LogP contribution < -0.4 is 10.5 Å². The number of guanidine groups is 1. The number of hydrogen-bond donors (Lipinski definition) is 3. The molecule has 3 rings (SSSR count). The van der Waals surface area contributed by atoms with E-state index in [1.165, 1.54) is 31.3 Å². The topological polar surface area (TPSA) is 138 Å². The number of carbonyl (C=O) groups excluding carboxylic acids is 1. The Kier molecular flexibility index (Phi) is 5.08. The number of nitro benzene ring substituents is 1. The summed E-state index contributed by atoms with van der Waals surface area (Å²) in [6.45, 7) is 0. The highest BCUT2D eigenvalue weighted by Gasteiger charge is 2.34. The van der Waals surface area contributed by atoms with Crippen molar-refractivity contribution in [2.24, 2.45) is 5.73 Å². The van der Waals surface area contributed by atoms with Crippen molar-refractivity contribution < 1.29 is 27.6 Å². The van der Waals surface area contributed by atoms with Crippen LogP contribution in [0.1, 0.15) is 16.1 Å². The molecule has 9 nitrogen and oxygen atoms in total. The number of nitrogens with two attached hydrogens (primary N) is 1. The van der Waals surface area contributed by atoms with Crippen LogP contribution in [0.15, 0.2) is 42.5 Å². The van der Waals surface area contributed by atoms with Crippen LogP contribution in [-0.4, -0.2) is 33.7 Å². The van der Waals surface area contributed by atoms with Crippen molar-refractivity contribution in [3.8, 4) is 11.5 Å². The molecule has 0 unspecified atom stereocenters. The minimum atomic E-state index is -4.80. The van der Waals surface area contributed by atoms with Gasteiger partial charge in [0.15, 0.2) is 5.96 Å². The quantitative estimate of drug-likeness (QED) is 0.254. The number of para-hydroxylation sites is 2. The number of alkyl halides is 3.